The van der Waals surface area contributed by atoms with Gasteiger partial charge >= 0.3 is 0 Å². The summed E-state index contributed by atoms with van der Waals surface area (Å²) in [5, 5.41) is 9.39. The first-order valence-corrected chi connectivity index (χ1v) is 9.64. The summed E-state index contributed by atoms with van der Waals surface area (Å²) in [6.45, 7) is 7.75. The highest BCUT2D eigenvalue weighted by atomic mass is 127. The van der Waals surface area contributed by atoms with E-state index in [2.05, 4.69) is 20.9 Å². The normalized spacial score (nSPS) is 11.0. The largest absolute Gasteiger partial charge is 0.357 e. The molecule has 7 heteroatoms. The Morgan fingerprint density at radius 2 is 1.62 bits per heavy atom. The number of nitrogens with one attached hydrogen (secondary N) is 3. The van der Waals surface area contributed by atoms with Gasteiger partial charge in [0.2, 0.25) is 5.91 Å². The molecular formula is C22H30FIN4O. The van der Waals surface area contributed by atoms with Crippen LogP contribution < -0.4 is 16.0 Å². The highest BCUT2D eigenvalue weighted by molar-refractivity contribution is 14.0. The lowest BCUT2D eigenvalue weighted by Gasteiger charge is -2.12. The molecule has 0 heterocycles. The van der Waals surface area contributed by atoms with Crippen molar-refractivity contribution < 1.29 is 9.18 Å². The van der Waals surface area contributed by atoms with E-state index in [4.69, 9.17) is 0 Å². The average Bonchev–Trinajstić information content (AvgIpc) is 2.68. The van der Waals surface area contributed by atoms with Gasteiger partial charge in [-0.3, -0.25) is 4.79 Å². The molecule has 0 radical (unpaired) electrons. The molecule has 0 unspecified atom stereocenters. The van der Waals surface area contributed by atoms with Crippen LogP contribution in [0.2, 0.25) is 0 Å². The molecule has 158 valence electrons. The third-order valence-electron chi connectivity index (χ3n) is 4.13. The van der Waals surface area contributed by atoms with Gasteiger partial charge in [0, 0.05) is 24.7 Å². The second-order valence-electron chi connectivity index (χ2n) is 6.84. The average molecular weight is 512 g/mol. The molecule has 0 spiro atoms. The number of nitrogens with zero attached hydrogens (tertiary/aromatic N) is 1. The molecule has 0 aliphatic carbocycles. The quantitative estimate of drug-likeness (QED) is 0.280. The van der Waals surface area contributed by atoms with Gasteiger partial charge in [0.25, 0.3) is 0 Å². The summed E-state index contributed by atoms with van der Waals surface area (Å²) < 4.78 is 13.0. The van der Waals surface area contributed by atoms with E-state index in [0.717, 1.165) is 35.7 Å². The minimum Gasteiger partial charge on any atom is -0.357 e. The standard InChI is InChI=1S/C22H29FN4O.HI/c1-4-24-22(25-14-13-17-5-9-19(23)10-6-17)26-15-18-7-11-20(12-8-18)27-21(28)16(2)3;/h5-12,16H,4,13-15H2,1-3H3,(H,27,28)(H2,24,25,26);1H. The van der Waals surface area contributed by atoms with Crippen LogP contribution in [0.5, 0.6) is 0 Å². The summed E-state index contributed by atoms with van der Waals surface area (Å²) in [7, 11) is 0. The van der Waals surface area contributed by atoms with E-state index < -0.39 is 0 Å². The van der Waals surface area contributed by atoms with Gasteiger partial charge in [0.1, 0.15) is 5.82 Å². The van der Waals surface area contributed by atoms with E-state index in [1.807, 2.05) is 45.0 Å². The van der Waals surface area contributed by atoms with Crippen LogP contribution in [-0.4, -0.2) is 25.0 Å². The Morgan fingerprint density at radius 3 is 2.21 bits per heavy atom. The second kappa shape index (κ2) is 13.1. The number of guanidine groups is 1. The summed E-state index contributed by atoms with van der Waals surface area (Å²) in [4.78, 5) is 16.3. The Morgan fingerprint density at radius 1 is 1.00 bits per heavy atom. The summed E-state index contributed by atoms with van der Waals surface area (Å²) in [6.07, 6.45) is 0.787. The minimum absolute atomic E-state index is 0. The molecule has 29 heavy (non-hydrogen) atoms. The van der Waals surface area contributed by atoms with Crippen LogP contribution in [0.25, 0.3) is 0 Å². The first-order chi connectivity index (χ1) is 13.5. The van der Waals surface area contributed by atoms with Gasteiger partial charge < -0.3 is 16.0 Å². The predicted molar refractivity (Wildman–Crippen MR) is 128 cm³/mol. The van der Waals surface area contributed by atoms with E-state index in [0.29, 0.717) is 13.1 Å². The van der Waals surface area contributed by atoms with Crippen LogP contribution in [0.4, 0.5) is 10.1 Å². The van der Waals surface area contributed by atoms with Crippen LogP contribution in [-0.2, 0) is 17.8 Å². The number of amides is 1. The van der Waals surface area contributed by atoms with Crippen LogP contribution in [0.1, 0.15) is 31.9 Å². The molecule has 0 aromatic heterocycles. The Kier molecular flexibility index (Phi) is 11.3. The van der Waals surface area contributed by atoms with Gasteiger partial charge in [-0.15, -0.1) is 24.0 Å². The van der Waals surface area contributed by atoms with E-state index >= 15 is 0 Å². The molecule has 0 aliphatic heterocycles. The van der Waals surface area contributed by atoms with E-state index in [9.17, 15) is 9.18 Å². The van der Waals surface area contributed by atoms with Crippen LogP contribution in [0.3, 0.4) is 0 Å². The number of benzene rings is 2. The zero-order chi connectivity index (χ0) is 20.4. The fourth-order valence-corrected chi connectivity index (χ4v) is 2.47. The van der Waals surface area contributed by atoms with Crippen LogP contribution >= 0.6 is 24.0 Å². The topological polar surface area (TPSA) is 65.5 Å². The van der Waals surface area contributed by atoms with Gasteiger partial charge in [-0.2, -0.15) is 0 Å². The van der Waals surface area contributed by atoms with Gasteiger partial charge in [-0.25, -0.2) is 9.38 Å². The maximum absolute atomic E-state index is 13.0. The number of carbonyl (C=O) groups is 1. The predicted octanol–water partition coefficient (Wildman–Crippen LogP) is 4.34. The summed E-state index contributed by atoms with van der Waals surface area (Å²) in [5.74, 6) is 0.474. The number of carbonyl (C=O) groups excluding carboxylic acids is 1. The molecule has 5 nitrogen and oxygen atoms in total. The fraction of sp³-hybridized carbons (Fsp3) is 0.364. The SMILES string of the molecule is CCNC(=NCc1ccc(NC(=O)C(C)C)cc1)NCCc1ccc(F)cc1.I. The number of aliphatic imine (C=N–C) groups is 1. The molecule has 0 saturated heterocycles. The van der Waals surface area contributed by atoms with Crippen molar-refractivity contribution in [3.63, 3.8) is 0 Å². The van der Waals surface area contributed by atoms with Gasteiger partial charge in [-0.1, -0.05) is 38.1 Å². The fourth-order valence-electron chi connectivity index (χ4n) is 2.47. The molecule has 2 aromatic rings. The van der Waals surface area contributed by atoms with Crippen molar-refractivity contribution in [1.29, 1.82) is 0 Å². The summed E-state index contributed by atoms with van der Waals surface area (Å²) in [6, 6.07) is 14.2. The molecule has 0 saturated carbocycles. The van der Waals surface area contributed by atoms with Crippen LogP contribution in [0.15, 0.2) is 53.5 Å². The monoisotopic (exact) mass is 512 g/mol. The minimum atomic E-state index is -0.221. The Bertz CT molecular complexity index is 776. The van der Waals surface area contributed by atoms with Crippen molar-refractivity contribution in [2.45, 2.75) is 33.7 Å². The van der Waals surface area contributed by atoms with Gasteiger partial charge in [0.05, 0.1) is 6.54 Å². The van der Waals surface area contributed by atoms with Crippen molar-refractivity contribution in [2.24, 2.45) is 10.9 Å². The lowest BCUT2D eigenvalue weighted by molar-refractivity contribution is -0.118. The highest BCUT2D eigenvalue weighted by Gasteiger charge is 2.06. The molecule has 0 fully saturated rings. The molecule has 2 rings (SSSR count). The maximum atomic E-state index is 13.0. The zero-order valence-electron chi connectivity index (χ0n) is 17.2. The molecule has 3 N–H and O–H groups in total. The molecule has 0 bridgehead atoms. The molecular weight excluding hydrogens is 482 g/mol. The summed E-state index contributed by atoms with van der Waals surface area (Å²) in [5.41, 5.74) is 2.91. The van der Waals surface area contributed by atoms with Crippen molar-refractivity contribution in [3.05, 3.63) is 65.5 Å². The van der Waals surface area contributed by atoms with Crippen molar-refractivity contribution in [1.82, 2.24) is 10.6 Å². The third-order valence-corrected chi connectivity index (χ3v) is 4.13. The number of anilines is 1. The van der Waals surface area contributed by atoms with Gasteiger partial charge in [-0.05, 0) is 48.7 Å². The Hall–Kier alpha value is -2.16. The first-order valence-electron chi connectivity index (χ1n) is 9.64. The number of halogens is 2. The molecule has 0 aliphatic rings. The zero-order valence-corrected chi connectivity index (χ0v) is 19.5. The number of hydrogen-bond donors (Lipinski definition) is 3. The lowest BCUT2D eigenvalue weighted by Crippen LogP contribution is -2.38. The Labute approximate surface area is 189 Å². The number of hydrogen-bond acceptors (Lipinski definition) is 2. The van der Waals surface area contributed by atoms with Crippen LogP contribution in [0, 0.1) is 11.7 Å². The smallest absolute Gasteiger partial charge is 0.226 e. The van der Waals surface area contributed by atoms with E-state index in [-0.39, 0.29) is 41.6 Å². The summed E-state index contributed by atoms with van der Waals surface area (Å²) >= 11 is 0. The third kappa shape index (κ3) is 9.25. The van der Waals surface area contributed by atoms with Crippen molar-refractivity contribution >= 4 is 41.5 Å². The maximum Gasteiger partial charge on any atom is 0.226 e. The molecule has 0 atom stereocenters. The van der Waals surface area contributed by atoms with E-state index in [1.165, 1.54) is 12.1 Å². The number of rotatable bonds is 8. The highest BCUT2D eigenvalue weighted by Crippen LogP contribution is 2.11. The second-order valence-corrected chi connectivity index (χ2v) is 6.84. The Balaban J connectivity index is 0.00000420. The van der Waals surface area contributed by atoms with E-state index in [1.54, 1.807) is 12.1 Å². The van der Waals surface area contributed by atoms with Crippen molar-refractivity contribution in [3.8, 4) is 0 Å². The first kappa shape index (κ1) is 24.9. The molecule has 1 amide bonds. The lowest BCUT2D eigenvalue weighted by atomic mass is 10.1. The molecule has 2 aromatic carbocycles. The van der Waals surface area contributed by atoms with Gasteiger partial charge in [0.15, 0.2) is 5.96 Å². The van der Waals surface area contributed by atoms with Crippen molar-refractivity contribution in [2.75, 3.05) is 18.4 Å².